The molecular weight excluding hydrogens is 1180 g/mol. The van der Waals surface area contributed by atoms with E-state index in [1.54, 1.807) is 6.92 Å². The second-order valence-corrected chi connectivity index (χ2v) is 28.4. The van der Waals surface area contributed by atoms with Gasteiger partial charge < -0.3 is 113 Å². The summed E-state index contributed by atoms with van der Waals surface area (Å²) in [6.07, 6.45) is -38.7. The average molecular weight is 1270 g/mol. The van der Waals surface area contributed by atoms with Crippen LogP contribution in [0.2, 0.25) is 0 Å². The number of aliphatic hydroxyl groups is 12. The Hall–Kier alpha value is -1.64. The summed E-state index contributed by atoms with van der Waals surface area (Å²) in [6.45, 7) is 17.5. The Labute approximate surface area is 507 Å². The van der Waals surface area contributed by atoms with Crippen LogP contribution in [0.25, 0.3) is 0 Å². The minimum Gasteiger partial charge on any atom is -0.389 e. The molecule has 9 rings (SSSR count). The van der Waals surface area contributed by atoms with E-state index < -0.39 is 199 Å². The highest BCUT2D eigenvalue weighted by Crippen LogP contribution is 2.67. The van der Waals surface area contributed by atoms with Crippen LogP contribution in [0.3, 0.4) is 0 Å². The summed E-state index contributed by atoms with van der Waals surface area (Å²) >= 11 is 0. The summed E-state index contributed by atoms with van der Waals surface area (Å²) < 4.78 is 107. The van der Waals surface area contributed by atoms with Crippen LogP contribution in [0, 0.1) is 46.3 Å². The van der Waals surface area contributed by atoms with Crippen molar-refractivity contribution in [1.29, 1.82) is 0 Å². The number of allylic oxidation sites excluding steroid dienone is 2. The predicted octanol–water partition coefficient (Wildman–Crippen LogP) is -1.43. The highest BCUT2D eigenvalue weighted by atomic mass is 32.3. The van der Waals surface area contributed by atoms with Crippen LogP contribution in [0.1, 0.15) is 121 Å². The maximum Gasteiger partial charge on any atom is 0.397 e. The Bertz CT molecular complexity index is 2490. The number of aliphatic hydroxyl groups excluding tert-OH is 11. The molecule has 87 heavy (non-hydrogen) atoms. The van der Waals surface area contributed by atoms with Crippen molar-refractivity contribution in [3.05, 3.63) is 11.6 Å². The molecule has 0 unspecified atom stereocenters. The summed E-state index contributed by atoms with van der Waals surface area (Å²) in [5.41, 5.74) is -1.29. The van der Waals surface area contributed by atoms with E-state index >= 15 is 0 Å². The first-order valence-electron chi connectivity index (χ1n) is 30.7. The smallest absolute Gasteiger partial charge is 0.389 e. The van der Waals surface area contributed by atoms with Crippen LogP contribution < -0.4 is 0 Å². The van der Waals surface area contributed by atoms with Crippen molar-refractivity contribution in [2.24, 2.45) is 46.3 Å². The molecule has 0 radical (unpaired) electrons. The van der Waals surface area contributed by atoms with Gasteiger partial charge in [0.25, 0.3) is 0 Å². The number of hydrogen-bond donors (Lipinski definition) is 13. The molecule has 29 heteroatoms. The standard InChI is InChI=1S/C58H96O28S/c1-21(2)22(3)32(59)20-58(10,71)34-13-12-29-28-19-33(31-18-27(86-87(72,73)74)14-16-56(31,8)30(28)15-17-57(29,34)9)80-53-45(70)47(37(62)25(6)78-53)82-54-49(84-52-42(67)39(64)36(61)24(5)77-52)44(69)46(26(7)79-54)81-55-48(40(65)43(68)50(75-11)85-55)83-51-41(66)38(63)35(60)23(4)76-51/h15,21-29,31,33-55,60-71H,12-14,16-20H2,1-11H3,(H,72,73,74)/t22-,23+,24+,25+,26+,27-,28-,29-,31+,33-,34-,35-,36+,37+,38-,39-,40-,41+,42+,43-,44-,45+,46+,47-,48+,49+,50-,51-,52-,53-,54-,55+,56+,57-,58-/m0/s1. The fraction of sp³-hybridized carbons (Fsp3) is 0.948. The minimum absolute atomic E-state index is 0.000422. The van der Waals surface area contributed by atoms with E-state index in [0.29, 0.717) is 25.7 Å². The second kappa shape index (κ2) is 26.6. The number of carbonyl (C=O) groups excluding carboxylic acids is 1. The fourth-order valence-corrected chi connectivity index (χ4v) is 16.5. The van der Waals surface area contributed by atoms with Crippen LogP contribution in [-0.4, -0.2) is 259 Å². The molecule has 9 aliphatic rings. The molecule has 0 aromatic heterocycles. The van der Waals surface area contributed by atoms with Crippen LogP contribution >= 0.6 is 0 Å². The SMILES string of the molecule is CO[C@H]1O[C@@H](O[C@H]2[C@H](O)[C@@H](O[C@@H]3O[C@H](C)[C@@H](O)[C@H](O)[C@H]3O)[C@H](O[C@@H]3[C@@H](O)[C@H](O[C@H]4C[C@@H]5C(=CC[C@@]6(C)[C@H]5CC[C@@H]6[C@@](C)(O)CC(=O)[C@@H](C)C(C)C)[C@@]5(C)CC[C@H](OS(=O)(=O)O)C[C@H]45)O[C@H](C)[C@H]3O)O[C@@H]2C)[C@H](O[C@@H]2O[C@H](C)[C@H](O)[C@H](O)[C@H]2O)[C@@H](O)[C@@H]1O. The molecule has 0 aromatic rings. The van der Waals surface area contributed by atoms with E-state index in [2.05, 4.69) is 19.9 Å². The third kappa shape index (κ3) is 13.6. The summed E-state index contributed by atoms with van der Waals surface area (Å²) in [4.78, 5) is 13.6. The highest BCUT2D eigenvalue weighted by Gasteiger charge is 2.64. The Kier molecular flexibility index (Phi) is 21.3. The number of ether oxygens (including phenoxy) is 11. The maximum atomic E-state index is 13.6. The van der Waals surface area contributed by atoms with Gasteiger partial charge in [0.1, 0.15) is 97.3 Å². The maximum absolute atomic E-state index is 13.6. The molecule has 28 nitrogen and oxygen atoms in total. The molecule has 502 valence electrons. The van der Waals surface area contributed by atoms with Gasteiger partial charge in [-0.25, -0.2) is 4.18 Å². The van der Waals surface area contributed by atoms with Gasteiger partial charge in [-0.3, -0.25) is 9.35 Å². The lowest BCUT2D eigenvalue weighted by molar-refractivity contribution is -0.416. The largest absolute Gasteiger partial charge is 0.397 e. The third-order valence-electron chi connectivity index (χ3n) is 21.4. The van der Waals surface area contributed by atoms with E-state index in [1.165, 1.54) is 27.7 Å². The Morgan fingerprint density at radius 1 is 0.598 bits per heavy atom. The number of Topliss-reactive ketones (excluding diaryl/α,β-unsaturated/α-hetero) is 1. The lowest BCUT2D eigenvalue weighted by Gasteiger charge is -2.60. The van der Waals surface area contributed by atoms with Gasteiger partial charge in [-0.15, -0.1) is 0 Å². The van der Waals surface area contributed by atoms with Crippen molar-refractivity contribution in [2.75, 3.05) is 7.11 Å². The molecule has 8 fully saturated rings. The molecule has 0 bridgehead atoms. The normalized spacial score (nSPS) is 51.6. The number of carbonyl (C=O) groups is 1. The fourth-order valence-electron chi connectivity index (χ4n) is 16.0. The van der Waals surface area contributed by atoms with Gasteiger partial charge >= 0.3 is 10.4 Å². The minimum atomic E-state index is -4.89. The monoisotopic (exact) mass is 1270 g/mol. The van der Waals surface area contributed by atoms with Gasteiger partial charge in [-0.05, 0) is 120 Å². The molecule has 0 amide bonds. The van der Waals surface area contributed by atoms with Crippen LogP contribution in [-0.2, 0) is 71.5 Å². The second-order valence-electron chi connectivity index (χ2n) is 27.3. The van der Waals surface area contributed by atoms with E-state index in [9.17, 15) is 79.0 Å². The van der Waals surface area contributed by atoms with Crippen molar-refractivity contribution >= 4 is 16.2 Å². The van der Waals surface area contributed by atoms with Gasteiger partial charge in [0.15, 0.2) is 37.7 Å². The summed E-state index contributed by atoms with van der Waals surface area (Å²) in [6, 6.07) is 0. The van der Waals surface area contributed by atoms with E-state index in [-0.39, 0.29) is 54.6 Å². The lowest BCUT2D eigenvalue weighted by atomic mass is 9.47. The van der Waals surface area contributed by atoms with Crippen molar-refractivity contribution in [3.63, 3.8) is 0 Å². The third-order valence-corrected chi connectivity index (χ3v) is 21.9. The molecule has 4 aliphatic carbocycles. The highest BCUT2D eigenvalue weighted by molar-refractivity contribution is 7.80. The van der Waals surface area contributed by atoms with Crippen LogP contribution in [0.4, 0.5) is 0 Å². The van der Waals surface area contributed by atoms with Gasteiger partial charge in [-0.1, -0.05) is 46.3 Å². The number of fused-ring (bicyclic) bond motifs is 5. The Balaban J connectivity index is 0.996. The molecule has 0 aromatic carbocycles. The van der Waals surface area contributed by atoms with Crippen molar-refractivity contribution < 1.29 is 135 Å². The zero-order valence-electron chi connectivity index (χ0n) is 51.1. The van der Waals surface area contributed by atoms with Crippen LogP contribution in [0.15, 0.2) is 11.6 Å². The molecular formula is C58H96O28S. The first-order valence-corrected chi connectivity index (χ1v) is 32.1. The summed E-state index contributed by atoms with van der Waals surface area (Å²) in [7, 11) is -3.74. The van der Waals surface area contributed by atoms with Crippen molar-refractivity contribution in [3.8, 4) is 0 Å². The van der Waals surface area contributed by atoms with Crippen LogP contribution in [0.5, 0.6) is 0 Å². The first kappa shape index (κ1) is 69.7. The number of ketones is 1. The lowest BCUT2D eigenvalue weighted by Crippen LogP contribution is -2.68. The first-order chi connectivity index (χ1) is 40.5. The van der Waals surface area contributed by atoms with E-state index in [4.69, 9.17) is 56.3 Å². The molecule has 3 saturated carbocycles. The molecule has 35 atom stereocenters. The van der Waals surface area contributed by atoms with Gasteiger partial charge in [0.05, 0.1) is 42.2 Å². The Morgan fingerprint density at radius 2 is 1.10 bits per heavy atom. The zero-order chi connectivity index (χ0) is 64.1. The van der Waals surface area contributed by atoms with Gasteiger partial charge in [0, 0.05) is 19.4 Å². The number of rotatable bonds is 18. The molecule has 5 aliphatic heterocycles. The topological polar surface area (TPSA) is 425 Å². The molecule has 0 spiro atoms. The number of hydrogen-bond acceptors (Lipinski definition) is 27. The Morgan fingerprint density at radius 3 is 1.67 bits per heavy atom. The number of methoxy groups -OCH3 is 1. The molecule has 5 saturated heterocycles. The quantitative estimate of drug-likeness (QED) is 0.0553. The van der Waals surface area contributed by atoms with Crippen molar-refractivity contribution in [1.82, 2.24) is 0 Å². The summed E-state index contributed by atoms with van der Waals surface area (Å²) in [5, 5.41) is 136. The molecule has 5 heterocycles. The van der Waals surface area contributed by atoms with E-state index in [0.717, 1.165) is 19.1 Å². The van der Waals surface area contributed by atoms with Gasteiger partial charge in [0.2, 0.25) is 0 Å². The van der Waals surface area contributed by atoms with Crippen molar-refractivity contribution in [2.45, 2.75) is 292 Å². The predicted molar refractivity (Wildman–Crippen MR) is 295 cm³/mol. The van der Waals surface area contributed by atoms with Gasteiger partial charge in [-0.2, -0.15) is 8.42 Å². The molecule has 13 N–H and O–H groups in total. The summed E-state index contributed by atoms with van der Waals surface area (Å²) in [5.74, 6) is -1.09. The zero-order valence-corrected chi connectivity index (χ0v) is 51.9. The van der Waals surface area contributed by atoms with E-state index in [1.807, 2.05) is 20.8 Å². The average Bonchev–Trinajstić information content (AvgIpc) is 1.70.